The summed E-state index contributed by atoms with van der Waals surface area (Å²) in [5.41, 5.74) is 20.4. The summed E-state index contributed by atoms with van der Waals surface area (Å²) in [5, 5.41) is 41.7. The summed E-state index contributed by atoms with van der Waals surface area (Å²) in [7, 11) is 0. The van der Waals surface area contributed by atoms with E-state index in [0.717, 1.165) is 27.9 Å². The molecule has 9 rings (SSSR count). The second-order valence-corrected chi connectivity index (χ2v) is 18.9. The van der Waals surface area contributed by atoms with Gasteiger partial charge in [0.1, 0.15) is 16.7 Å². The van der Waals surface area contributed by atoms with Crippen molar-refractivity contribution < 1.29 is 29.2 Å². The van der Waals surface area contributed by atoms with E-state index in [0.29, 0.717) is 68.0 Å². The fourth-order valence-corrected chi connectivity index (χ4v) is 7.79. The number of hydrogen-bond acceptors (Lipinski definition) is 11. The number of nitrogens with one attached hydrogen (secondary N) is 3. The number of nitrogens with zero attached hydrogens (tertiary/aromatic N) is 4. The number of nitro groups is 3. The molecule has 7 N–H and O–H groups in total. The molecular formula is C71H46BrN9O9. The number of carbonyl (C=O) groups excluding carboxylic acids is 3. The monoisotopic (exact) mass is 1250 g/mol. The third-order valence-corrected chi connectivity index (χ3v) is 12.4. The second kappa shape index (κ2) is 33.7. The molecule has 0 aliphatic rings. The highest BCUT2D eigenvalue weighted by molar-refractivity contribution is 9.10. The van der Waals surface area contributed by atoms with E-state index in [-0.39, 0.29) is 39.7 Å². The molecule has 9 aromatic carbocycles. The first-order chi connectivity index (χ1) is 43.5. The first kappa shape index (κ1) is 65.7. The van der Waals surface area contributed by atoms with Crippen molar-refractivity contribution in [3.8, 4) is 71.5 Å². The number of amides is 3. The van der Waals surface area contributed by atoms with Crippen molar-refractivity contribution in [1.29, 1.82) is 0 Å². The van der Waals surface area contributed by atoms with E-state index < -0.39 is 14.8 Å². The first-order valence-corrected chi connectivity index (χ1v) is 27.0. The Morgan fingerprint density at radius 1 is 0.478 bits per heavy atom. The highest BCUT2D eigenvalue weighted by Gasteiger charge is 2.18. The maximum Gasteiger partial charge on any atom is 0.286 e. The largest absolute Gasteiger partial charge is 0.398 e. The Morgan fingerprint density at radius 2 is 0.800 bits per heavy atom. The van der Waals surface area contributed by atoms with Crippen molar-refractivity contribution in [3.63, 3.8) is 0 Å². The van der Waals surface area contributed by atoms with Gasteiger partial charge in [0.25, 0.3) is 17.1 Å². The summed E-state index contributed by atoms with van der Waals surface area (Å²) >= 11 is 3.21. The van der Waals surface area contributed by atoms with Crippen molar-refractivity contribution in [2.24, 2.45) is 0 Å². The Bertz CT molecular complexity index is 4570. The molecule has 0 saturated heterocycles. The average Bonchev–Trinajstić information content (AvgIpc) is 1.52. The number of hydrogen-bond donors (Lipinski definition) is 5. The lowest BCUT2D eigenvalue weighted by atomic mass is 10.1. The normalized spacial score (nSPS) is 9.24. The lowest BCUT2D eigenvalue weighted by molar-refractivity contribution is -0.385. The number of halogens is 1. The molecule has 9 aromatic rings. The lowest BCUT2D eigenvalue weighted by Gasteiger charge is -2.06. The van der Waals surface area contributed by atoms with Gasteiger partial charge in [-0.2, -0.15) is 0 Å². The van der Waals surface area contributed by atoms with Gasteiger partial charge in [-0.25, -0.2) is 4.85 Å². The number of anilines is 5. The lowest BCUT2D eigenvalue weighted by Crippen LogP contribution is -2.07. The van der Waals surface area contributed by atoms with E-state index in [9.17, 15) is 44.7 Å². The molecule has 0 unspecified atom stereocenters. The van der Waals surface area contributed by atoms with Gasteiger partial charge in [0.2, 0.25) is 18.7 Å². The summed E-state index contributed by atoms with van der Waals surface area (Å²) in [6.07, 6.45) is 6.35. The Balaban J connectivity index is 0.000000199. The number of terminal acetylenes is 1. The third-order valence-electron chi connectivity index (χ3n) is 11.7. The zero-order valence-corrected chi connectivity index (χ0v) is 48.9. The molecule has 0 fully saturated rings. The Labute approximate surface area is 525 Å². The van der Waals surface area contributed by atoms with Gasteiger partial charge in [-0.15, -0.1) is 6.42 Å². The topological polar surface area (TPSA) is 273 Å². The van der Waals surface area contributed by atoms with E-state index in [1.165, 1.54) is 43.3 Å². The first-order valence-electron chi connectivity index (χ1n) is 26.2. The number of nitro benzene ring substituents is 3. The molecule has 3 amide bonds. The molecule has 0 aliphatic carbocycles. The van der Waals surface area contributed by atoms with Gasteiger partial charge >= 0.3 is 0 Å². The molecule has 18 nitrogen and oxygen atoms in total. The van der Waals surface area contributed by atoms with Crippen LogP contribution in [-0.4, -0.2) is 33.5 Å². The van der Waals surface area contributed by atoms with Crippen molar-refractivity contribution >= 4 is 85.8 Å². The highest BCUT2D eigenvalue weighted by Crippen LogP contribution is 2.31. The van der Waals surface area contributed by atoms with Crippen LogP contribution in [0.15, 0.2) is 205 Å². The second-order valence-electron chi connectivity index (χ2n) is 18.0. The number of nitrogen functional groups attached to an aromatic ring is 2. The Morgan fingerprint density at radius 3 is 1.13 bits per heavy atom. The molecule has 0 spiro atoms. The molecule has 0 saturated carbocycles. The third kappa shape index (κ3) is 20.7. The van der Waals surface area contributed by atoms with Crippen molar-refractivity contribution in [1.82, 2.24) is 0 Å². The fraction of sp³-hybridized carbons (Fsp3) is 0.0141. The van der Waals surface area contributed by atoms with Crippen LogP contribution in [0.25, 0.3) is 4.85 Å². The van der Waals surface area contributed by atoms with Crippen molar-refractivity contribution in [2.75, 3.05) is 27.4 Å². The minimum Gasteiger partial charge on any atom is -0.398 e. The van der Waals surface area contributed by atoms with Gasteiger partial charge < -0.3 is 27.4 Å². The summed E-state index contributed by atoms with van der Waals surface area (Å²) in [6, 6.07) is 56.6. The SMILES string of the molecule is C#Cc1ccc(NC=O)cc1.CC(=O)Nc1cc(C#Cc2ccccc2)c([N+](=O)[O-])cc1Br.Nc1cc(C#Cc2ccccc2)c([N+](=O)[O-])cc1C#Cc1ccc(NC=O)cc1.[C-]#[N+]c1ccc(C#Cc2cc([N+](=O)[O-])c(C#Cc3ccccc3)cc2N)cc1. The number of rotatable bonds is 8. The van der Waals surface area contributed by atoms with E-state index in [1.54, 1.807) is 72.8 Å². The molecule has 436 valence electrons. The minimum absolute atomic E-state index is 0.121. The van der Waals surface area contributed by atoms with Crippen LogP contribution in [0.5, 0.6) is 0 Å². The van der Waals surface area contributed by atoms with Crippen LogP contribution in [0.1, 0.15) is 68.1 Å². The zero-order valence-electron chi connectivity index (χ0n) is 47.3. The van der Waals surface area contributed by atoms with Gasteiger partial charge in [0, 0.05) is 85.7 Å². The molecule has 0 aliphatic heterocycles. The van der Waals surface area contributed by atoms with E-state index >= 15 is 0 Å². The number of benzene rings is 9. The summed E-state index contributed by atoms with van der Waals surface area (Å²) < 4.78 is 0.430. The molecule has 0 radical (unpaired) electrons. The summed E-state index contributed by atoms with van der Waals surface area (Å²) in [5.74, 6) is 30.8. The van der Waals surface area contributed by atoms with Crippen LogP contribution in [0.2, 0.25) is 0 Å². The van der Waals surface area contributed by atoms with E-state index in [2.05, 4.69) is 102 Å². The Hall–Kier alpha value is -13.5. The maximum absolute atomic E-state index is 11.5. The van der Waals surface area contributed by atoms with Gasteiger partial charge in [0.15, 0.2) is 5.69 Å². The predicted octanol–water partition coefficient (Wildman–Crippen LogP) is 13.0. The van der Waals surface area contributed by atoms with Crippen molar-refractivity contribution in [3.05, 3.63) is 308 Å². The standard InChI is InChI=1S/C23H15N3O3.C23H13N3O2.C16H11BrN2O3.C9H7NO/c24-22-14-20(11-7-17-4-2-1-3-5-17)23(26(28)29)15-19(22)10-6-18-8-12-21(13-9-18)25-16-27;1-25-21-13-9-18(10-14-21)7-11-19-16-23(26(27)28)20(15-22(19)24)12-8-17-5-3-2-4-6-17;1-11(20)18-15-9-13(16(19(21)22)10-14(15)17)8-7-12-5-3-2-4-6-12;1-2-8-3-5-9(6-4-8)10-7-11/h1-5,8-9,12-16H,24H2,(H,25,27);2-6,9-10,13-16H,24H2;2-6,9-10H,1H3,(H,18,20);1,3-7H,(H,10,11). The smallest absolute Gasteiger partial charge is 0.286 e. The molecule has 19 heteroatoms. The summed E-state index contributed by atoms with van der Waals surface area (Å²) in [4.78, 5) is 67.5. The summed E-state index contributed by atoms with van der Waals surface area (Å²) in [6.45, 7) is 8.31. The Kier molecular flexibility index (Phi) is 24.6. The van der Waals surface area contributed by atoms with Gasteiger partial charge in [-0.3, -0.25) is 44.7 Å². The van der Waals surface area contributed by atoms with Crippen LogP contribution >= 0.6 is 15.9 Å². The zero-order chi connectivity index (χ0) is 64.8. The highest BCUT2D eigenvalue weighted by atomic mass is 79.9. The fourth-order valence-electron chi connectivity index (χ4n) is 7.36. The molecule has 90 heavy (non-hydrogen) atoms. The van der Waals surface area contributed by atoms with Crippen LogP contribution in [0.4, 0.5) is 51.2 Å². The molecule has 0 heterocycles. The number of carbonyl (C=O) groups is 3. The van der Waals surface area contributed by atoms with E-state index in [4.69, 9.17) is 24.5 Å². The molecule has 0 aromatic heterocycles. The van der Waals surface area contributed by atoms with Gasteiger partial charge in [-0.05, 0) is 119 Å². The van der Waals surface area contributed by atoms with Crippen LogP contribution in [-0.2, 0) is 14.4 Å². The minimum atomic E-state index is -0.503. The van der Waals surface area contributed by atoms with Gasteiger partial charge in [0.05, 0.1) is 38.2 Å². The van der Waals surface area contributed by atoms with Crippen LogP contribution < -0.4 is 27.4 Å². The van der Waals surface area contributed by atoms with Gasteiger partial charge in [-0.1, -0.05) is 144 Å². The van der Waals surface area contributed by atoms with Crippen LogP contribution in [0, 0.1) is 108 Å². The molecule has 0 bridgehead atoms. The predicted molar refractivity (Wildman–Crippen MR) is 352 cm³/mol. The molecular weight excluding hydrogens is 1200 g/mol. The van der Waals surface area contributed by atoms with E-state index in [1.807, 2.05) is 91.0 Å². The van der Waals surface area contributed by atoms with Crippen LogP contribution in [0.3, 0.4) is 0 Å². The number of nitrogens with two attached hydrogens (primary N) is 2. The maximum atomic E-state index is 11.5. The molecule has 0 atom stereocenters. The van der Waals surface area contributed by atoms with Crippen molar-refractivity contribution in [2.45, 2.75) is 6.92 Å². The average molecular weight is 1250 g/mol. The quantitative estimate of drug-likeness (QED) is 0.0238.